The van der Waals surface area contributed by atoms with Gasteiger partial charge in [0, 0.05) is 25.1 Å². The van der Waals surface area contributed by atoms with Crippen LogP contribution in [0.15, 0.2) is 52.9 Å². The molecular formula is C21H22N2O3. The zero-order valence-electron chi connectivity index (χ0n) is 14.6. The molecule has 5 heteroatoms. The minimum atomic E-state index is -0.107. The Kier molecular flexibility index (Phi) is 4.97. The first kappa shape index (κ1) is 16.8. The van der Waals surface area contributed by atoms with Gasteiger partial charge in [0.05, 0.1) is 6.10 Å². The van der Waals surface area contributed by atoms with Gasteiger partial charge in [-0.05, 0) is 43.0 Å². The second kappa shape index (κ2) is 7.70. The lowest BCUT2D eigenvalue weighted by Crippen LogP contribution is -2.31. The van der Waals surface area contributed by atoms with E-state index in [1.165, 1.54) is 5.56 Å². The predicted molar refractivity (Wildman–Crippen MR) is 99.2 cm³/mol. The van der Waals surface area contributed by atoms with Crippen LogP contribution in [0.25, 0.3) is 11.1 Å². The van der Waals surface area contributed by atoms with Gasteiger partial charge >= 0.3 is 0 Å². The summed E-state index contributed by atoms with van der Waals surface area (Å²) in [6.07, 6.45) is 3.82. The molecular weight excluding hydrogens is 328 g/mol. The molecule has 0 aliphatic carbocycles. The van der Waals surface area contributed by atoms with E-state index >= 15 is 0 Å². The van der Waals surface area contributed by atoms with Gasteiger partial charge in [-0.15, -0.1) is 0 Å². The van der Waals surface area contributed by atoms with Crippen LogP contribution < -0.4 is 5.32 Å². The van der Waals surface area contributed by atoms with Crippen LogP contribution in [0.3, 0.4) is 0 Å². The molecule has 1 N–H and O–H groups in total. The molecule has 0 unspecified atom stereocenters. The third kappa shape index (κ3) is 3.94. The molecule has 1 aromatic heterocycles. The molecule has 5 nitrogen and oxygen atoms in total. The summed E-state index contributed by atoms with van der Waals surface area (Å²) in [7, 11) is 0. The molecule has 1 amide bonds. The summed E-state index contributed by atoms with van der Waals surface area (Å²) < 4.78 is 11.4. The van der Waals surface area contributed by atoms with E-state index in [1.54, 1.807) is 12.1 Å². The number of aromatic nitrogens is 1. The van der Waals surface area contributed by atoms with Gasteiger partial charge in [-0.3, -0.25) is 4.79 Å². The molecule has 0 spiro atoms. The number of hydrogen-bond donors (Lipinski definition) is 1. The highest BCUT2D eigenvalue weighted by Gasteiger charge is 2.17. The lowest BCUT2D eigenvalue weighted by atomic mass is 10.1. The zero-order chi connectivity index (χ0) is 17.8. The number of rotatable bonds is 6. The van der Waals surface area contributed by atoms with Crippen LogP contribution in [0, 0.1) is 0 Å². The SMILES string of the molecule is O=C(NC[C@@H]1CCCO1)c1ccc2nc(CCc3ccccc3)oc2c1. The highest BCUT2D eigenvalue weighted by molar-refractivity contribution is 5.97. The predicted octanol–water partition coefficient (Wildman–Crippen LogP) is 3.52. The molecule has 0 saturated carbocycles. The number of carbonyl (C=O) groups is 1. The van der Waals surface area contributed by atoms with Crippen molar-refractivity contribution in [3.63, 3.8) is 0 Å². The maximum Gasteiger partial charge on any atom is 0.251 e. The molecule has 0 bridgehead atoms. The molecule has 1 saturated heterocycles. The fourth-order valence-corrected chi connectivity index (χ4v) is 3.23. The number of benzene rings is 2. The van der Waals surface area contributed by atoms with Gasteiger partial charge in [-0.25, -0.2) is 4.98 Å². The Morgan fingerprint density at radius 2 is 2.04 bits per heavy atom. The fourth-order valence-electron chi connectivity index (χ4n) is 3.23. The number of aryl methyl sites for hydroxylation is 2. The van der Waals surface area contributed by atoms with E-state index < -0.39 is 0 Å². The van der Waals surface area contributed by atoms with Crippen molar-refractivity contribution in [2.45, 2.75) is 31.8 Å². The van der Waals surface area contributed by atoms with E-state index in [9.17, 15) is 4.79 Å². The Balaban J connectivity index is 1.40. The minimum Gasteiger partial charge on any atom is -0.441 e. The van der Waals surface area contributed by atoms with Gasteiger partial charge in [0.1, 0.15) is 5.52 Å². The van der Waals surface area contributed by atoms with E-state index in [2.05, 4.69) is 22.4 Å². The van der Waals surface area contributed by atoms with Crippen LogP contribution in [0.1, 0.15) is 34.7 Å². The Hall–Kier alpha value is -2.66. The number of amides is 1. The van der Waals surface area contributed by atoms with Crippen LogP contribution >= 0.6 is 0 Å². The van der Waals surface area contributed by atoms with Crippen molar-refractivity contribution < 1.29 is 13.9 Å². The second-order valence-corrected chi connectivity index (χ2v) is 6.62. The molecule has 2 aromatic carbocycles. The molecule has 1 atom stereocenters. The van der Waals surface area contributed by atoms with Crippen molar-refractivity contribution in [1.29, 1.82) is 0 Å². The number of fused-ring (bicyclic) bond motifs is 1. The first-order valence-electron chi connectivity index (χ1n) is 9.11. The van der Waals surface area contributed by atoms with E-state index in [0.29, 0.717) is 23.6 Å². The Morgan fingerprint density at radius 1 is 1.15 bits per heavy atom. The van der Waals surface area contributed by atoms with Crippen LogP contribution in [0.5, 0.6) is 0 Å². The zero-order valence-corrected chi connectivity index (χ0v) is 14.6. The highest BCUT2D eigenvalue weighted by Crippen LogP contribution is 2.19. The molecule has 1 aliphatic rings. The Labute approximate surface area is 152 Å². The number of oxazole rings is 1. The monoisotopic (exact) mass is 350 g/mol. The van der Waals surface area contributed by atoms with Gasteiger partial charge in [-0.2, -0.15) is 0 Å². The van der Waals surface area contributed by atoms with Crippen molar-refractivity contribution in [1.82, 2.24) is 10.3 Å². The topological polar surface area (TPSA) is 64.4 Å². The number of ether oxygens (including phenoxy) is 1. The minimum absolute atomic E-state index is 0.107. The van der Waals surface area contributed by atoms with Crippen molar-refractivity contribution in [3.05, 3.63) is 65.5 Å². The van der Waals surface area contributed by atoms with Gasteiger partial charge in [0.25, 0.3) is 5.91 Å². The van der Waals surface area contributed by atoms with Crippen molar-refractivity contribution in [3.8, 4) is 0 Å². The Morgan fingerprint density at radius 3 is 2.85 bits per heavy atom. The van der Waals surface area contributed by atoms with E-state index in [-0.39, 0.29) is 12.0 Å². The Bertz CT molecular complexity index is 883. The molecule has 0 radical (unpaired) electrons. The van der Waals surface area contributed by atoms with Gasteiger partial charge in [0.15, 0.2) is 11.5 Å². The quantitative estimate of drug-likeness (QED) is 0.739. The van der Waals surface area contributed by atoms with Crippen LogP contribution in [0.4, 0.5) is 0 Å². The highest BCUT2D eigenvalue weighted by atomic mass is 16.5. The van der Waals surface area contributed by atoms with E-state index in [0.717, 1.165) is 37.8 Å². The summed E-state index contributed by atoms with van der Waals surface area (Å²) in [6, 6.07) is 15.7. The maximum atomic E-state index is 12.3. The van der Waals surface area contributed by atoms with Gasteiger partial charge < -0.3 is 14.5 Å². The van der Waals surface area contributed by atoms with Crippen molar-refractivity contribution in [2.24, 2.45) is 0 Å². The number of nitrogens with one attached hydrogen (secondary N) is 1. The van der Waals surface area contributed by atoms with E-state index in [1.807, 2.05) is 24.3 Å². The van der Waals surface area contributed by atoms with Crippen LogP contribution in [-0.4, -0.2) is 30.1 Å². The average Bonchev–Trinajstić information content (AvgIpc) is 3.34. The van der Waals surface area contributed by atoms with Crippen molar-refractivity contribution >= 4 is 17.0 Å². The molecule has 26 heavy (non-hydrogen) atoms. The standard InChI is InChI=1S/C21H22N2O3/c24-21(22-14-17-7-4-12-25-17)16-9-10-18-19(13-16)26-20(23-18)11-8-15-5-2-1-3-6-15/h1-3,5-6,9-10,13,17H,4,7-8,11-12,14H2,(H,22,24)/t17-/m0/s1. The molecule has 1 aliphatic heterocycles. The van der Waals surface area contributed by atoms with Crippen molar-refractivity contribution in [2.75, 3.05) is 13.2 Å². The molecule has 4 rings (SSSR count). The summed E-state index contributed by atoms with van der Waals surface area (Å²) in [5.41, 5.74) is 3.27. The van der Waals surface area contributed by atoms with Crippen LogP contribution in [-0.2, 0) is 17.6 Å². The van der Waals surface area contributed by atoms with Gasteiger partial charge in [-0.1, -0.05) is 30.3 Å². The maximum absolute atomic E-state index is 12.3. The summed E-state index contributed by atoms with van der Waals surface area (Å²) in [4.78, 5) is 16.9. The smallest absolute Gasteiger partial charge is 0.251 e. The fraction of sp³-hybridized carbons (Fsp3) is 0.333. The average molecular weight is 350 g/mol. The molecule has 134 valence electrons. The van der Waals surface area contributed by atoms with Gasteiger partial charge in [0.2, 0.25) is 0 Å². The third-order valence-electron chi connectivity index (χ3n) is 4.68. The summed E-state index contributed by atoms with van der Waals surface area (Å²) in [6.45, 7) is 1.34. The molecule has 1 fully saturated rings. The summed E-state index contributed by atoms with van der Waals surface area (Å²) >= 11 is 0. The molecule has 3 aromatic rings. The largest absolute Gasteiger partial charge is 0.441 e. The lowest BCUT2D eigenvalue weighted by Gasteiger charge is -2.10. The number of carbonyl (C=O) groups excluding carboxylic acids is 1. The number of hydrogen-bond acceptors (Lipinski definition) is 4. The second-order valence-electron chi connectivity index (χ2n) is 6.62. The number of nitrogens with zero attached hydrogens (tertiary/aromatic N) is 1. The first-order valence-corrected chi connectivity index (χ1v) is 9.11. The third-order valence-corrected chi connectivity index (χ3v) is 4.68. The van der Waals surface area contributed by atoms with E-state index in [4.69, 9.17) is 9.15 Å². The lowest BCUT2D eigenvalue weighted by molar-refractivity contribution is 0.0858. The molecule has 2 heterocycles. The normalized spacial score (nSPS) is 16.8. The van der Waals surface area contributed by atoms with Crippen LogP contribution in [0.2, 0.25) is 0 Å². The summed E-state index contributed by atoms with van der Waals surface area (Å²) in [5, 5.41) is 2.93. The first-order chi connectivity index (χ1) is 12.8. The summed E-state index contributed by atoms with van der Waals surface area (Å²) in [5.74, 6) is 0.588.